The molecule has 21 heavy (non-hydrogen) atoms. The Morgan fingerprint density at radius 3 is 2.71 bits per heavy atom. The van der Waals surface area contributed by atoms with Crippen molar-refractivity contribution in [1.29, 1.82) is 0 Å². The number of nitrogen functional groups attached to an aromatic ring is 1. The van der Waals surface area contributed by atoms with Crippen LogP contribution in [0.15, 0.2) is 29.2 Å². The van der Waals surface area contributed by atoms with Crippen LogP contribution in [0.4, 0.5) is 5.69 Å². The highest BCUT2D eigenvalue weighted by Gasteiger charge is 2.17. The van der Waals surface area contributed by atoms with Gasteiger partial charge in [0.25, 0.3) is 5.91 Å². The van der Waals surface area contributed by atoms with E-state index in [1.165, 1.54) is 0 Å². The van der Waals surface area contributed by atoms with Gasteiger partial charge in [0, 0.05) is 24.5 Å². The Morgan fingerprint density at radius 2 is 2.10 bits per heavy atom. The number of anilines is 1. The second kappa shape index (κ2) is 5.99. The van der Waals surface area contributed by atoms with Crippen LogP contribution in [0.3, 0.4) is 0 Å². The molecule has 0 radical (unpaired) electrons. The third-order valence-corrected chi connectivity index (χ3v) is 3.27. The van der Waals surface area contributed by atoms with Crippen molar-refractivity contribution in [2.45, 2.75) is 39.8 Å². The zero-order valence-corrected chi connectivity index (χ0v) is 12.6. The summed E-state index contributed by atoms with van der Waals surface area (Å²) in [6.45, 7) is 6.49. The van der Waals surface area contributed by atoms with Gasteiger partial charge in [-0.2, -0.15) is 0 Å². The van der Waals surface area contributed by atoms with Gasteiger partial charge < -0.3 is 15.6 Å². The Kier molecular flexibility index (Phi) is 4.31. The van der Waals surface area contributed by atoms with Crippen LogP contribution in [0.25, 0.3) is 10.9 Å². The van der Waals surface area contributed by atoms with Crippen LogP contribution >= 0.6 is 0 Å². The van der Waals surface area contributed by atoms with Crippen LogP contribution < -0.4 is 16.5 Å². The monoisotopic (exact) mass is 287 g/mol. The minimum Gasteiger partial charge on any atom is -0.398 e. The van der Waals surface area contributed by atoms with E-state index in [0.717, 1.165) is 18.5 Å². The number of pyridine rings is 1. The molecule has 0 saturated heterocycles. The van der Waals surface area contributed by atoms with Crippen molar-refractivity contribution >= 4 is 22.5 Å². The third kappa shape index (κ3) is 2.91. The Labute approximate surface area is 123 Å². The number of carbonyl (C=O) groups excluding carboxylic acids is 1. The van der Waals surface area contributed by atoms with E-state index < -0.39 is 0 Å². The summed E-state index contributed by atoms with van der Waals surface area (Å²) in [5.74, 6) is -0.356. The third-order valence-electron chi connectivity index (χ3n) is 3.27. The molecule has 1 aromatic heterocycles. The number of aryl methyl sites for hydroxylation is 1. The van der Waals surface area contributed by atoms with Crippen LogP contribution in [-0.2, 0) is 6.54 Å². The standard InChI is InChI=1S/C16H21N3O2/c1-4-8-19-9-11(16(21)18-10(2)3)15(20)14-12(17)6-5-7-13(14)19/h5-7,9-10H,4,8,17H2,1-3H3,(H,18,21). The lowest BCUT2D eigenvalue weighted by Crippen LogP contribution is -2.34. The van der Waals surface area contributed by atoms with Gasteiger partial charge in [0.1, 0.15) is 5.56 Å². The Hall–Kier alpha value is -2.30. The fourth-order valence-corrected chi connectivity index (χ4v) is 2.39. The lowest BCUT2D eigenvalue weighted by atomic mass is 10.1. The molecule has 0 atom stereocenters. The lowest BCUT2D eigenvalue weighted by Gasteiger charge is -2.14. The van der Waals surface area contributed by atoms with Gasteiger partial charge in [-0.05, 0) is 32.4 Å². The maximum Gasteiger partial charge on any atom is 0.256 e. The first-order chi connectivity index (χ1) is 9.95. The number of nitrogens with two attached hydrogens (primary N) is 1. The molecule has 0 aliphatic heterocycles. The van der Waals surface area contributed by atoms with E-state index in [1.807, 2.05) is 37.5 Å². The first-order valence-corrected chi connectivity index (χ1v) is 7.18. The number of nitrogens with one attached hydrogen (secondary N) is 1. The highest BCUT2D eigenvalue weighted by Crippen LogP contribution is 2.18. The van der Waals surface area contributed by atoms with Gasteiger partial charge in [-0.25, -0.2) is 0 Å². The molecule has 112 valence electrons. The van der Waals surface area contributed by atoms with Crippen LogP contribution in [0.1, 0.15) is 37.6 Å². The molecule has 2 rings (SSSR count). The summed E-state index contributed by atoms with van der Waals surface area (Å²) in [5, 5.41) is 3.18. The van der Waals surface area contributed by atoms with Crippen molar-refractivity contribution < 1.29 is 4.79 Å². The summed E-state index contributed by atoms with van der Waals surface area (Å²) in [4.78, 5) is 24.8. The van der Waals surface area contributed by atoms with Crippen molar-refractivity contribution in [2.24, 2.45) is 0 Å². The molecule has 0 unspecified atom stereocenters. The predicted octanol–water partition coefficient (Wildman–Crippen LogP) is 2.13. The molecular weight excluding hydrogens is 266 g/mol. The van der Waals surface area contributed by atoms with E-state index >= 15 is 0 Å². The normalized spacial score (nSPS) is 11.0. The fourth-order valence-electron chi connectivity index (χ4n) is 2.39. The van der Waals surface area contributed by atoms with E-state index in [1.54, 1.807) is 12.3 Å². The van der Waals surface area contributed by atoms with E-state index in [2.05, 4.69) is 5.32 Å². The van der Waals surface area contributed by atoms with Crippen molar-refractivity contribution in [1.82, 2.24) is 9.88 Å². The SMILES string of the molecule is CCCn1cc(C(=O)NC(C)C)c(=O)c2c(N)cccc21. The number of aromatic nitrogens is 1. The summed E-state index contributed by atoms with van der Waals surface area (Å²) in [6.07, 6.45) is 2.53. The average molecular weight is 287 g/mol. The van der Waals surface area contributed by atoms with Gasteiger partial charge in [0.05, 0.1) is 10.9 Å². The molecule has 1 heterocycles. The van der Waals surface area contributed by atoms with Crippen LogP contribution in [-0.4, -0.2) is 16.5 Å². The second-order valence-electron chi connectivity index (χ2n) is 5.43. The first-order valence-electron chi connectivity index (χ1n) is 7.18. The van der Waals surface area contributed by atoms with Crippen LogP contribution in [0.5, 0.6) is 0 Å². The number of nitrogens with zero attached hydrogens (tertiary/aromatic N) is 1. The number of benzene rings is 1. The molecule has 5 nitrogen and oxygen atoms in total. The van der Waals surface area contributed by atoms with Gasteiger partial charge in [-0.3, -0.25) is 9.59 Å². The molecule has 0 aliphatic rings. The van der Waals surface area contributed by atoms with E-state index in [9.17, 15) is 9.59 Å². The number of hydrogen-bond donors (Lipinski definition) is 2. The number of amides is 1. The molecule has 0 aliphatic carbocycles. The molecule has 0 fully saturated rings. The smallest absolute Gasteiger partial charge is 0.256 e. The minimum absolute atomic E-state index is 0.0275. The molecule has 5 heteroatoms. The highest BCUT2D eigenvalue weighted by molar-refractivity contribution is 6.00. The Morgan fingerprint density at radius 1 is 1.38 bits per heavy atom. The molecule has 0 spiro atoms. The van der Waals surface area contributed by atoms with Crippen LogP contribution in [0, 0.1) is 0 Å². The molecule has 0 saturated carbocycles. The molecular formula is C16H21N3O2. The van der Waals surface area contributed by atoms with Gasteiger partial charge in [-0.1, -0.05) is 13.0 Å². The summed E-state index contributed by atoms with van der Waals surface area (Å²) >= 11 is 0. The maximum atomic E-state index is 12.6. The summed E-state index contributed by atoms with van der Waals surface area (Å²) in [5.41, 5.74) is 6.95. The quantitative estimate of drug-likeness (QED) is 0.846. The van der Waals surface area contributed by atoms with Crippen LogP contribution in [0.2, 0.25) is 0 Å². The van der Waals surface area contributed by atoms with Gasteiger partial charge in [-0.15, -0.1) is 0 Å². The van der Waals surface area contributed by atoms with E-state index in [0.29, 0.717) is 11.1 Å². The van der Waals surface area contributed by atoms with E-state index in [-0.39, 0.29) is 22.9 Å². The first kappa shape index (κ1) is 15.1. The zero-order chi connectivity index (χ0) is 15.6. The lowest BCUT2D eigenvalue weighted by molar-refractivity contribution is 0.0941. The summed E-state index contributed by atoms with van der Waals surface area (Å²) < 4.78 is 1.92. The fraction of sp³-hybridized carbons (Fsp3) is 0.375. The van der Waals surface area contributed by atoms with Crippen molar-refractivity contribution in [3.8, 4) is 0 Å². The Balaban J connectivity index is 2.73. The summed E-state index contributed by atoms with van der Waals surface area (Å²) in [7, 11) is 0. The predicted molar refractivity (Wildman–Crippen MR) is 85.5 cm³/mol. The van der Waals surface area contributed by atoms with Crippen molar-refractivity contribution in [2.75, 3.05) is 5.73 Å². The molecule has 3 N–H and O–H groups in total. The van der Waals surface area contributed by atoms with Gasteiger partial charge in [0.2, 0.25) is 5.43 Å². The molecule has 2 aromatic rings. The Bertz CT molecular complexity index is 732. The van der Waals surface area contributed by atoms with Gasteiger partial charge in [0.15, 0.2) is 0 Å². The minimum atomic E-state index is -0.356. The van der Waals surface area contributed by atoms with Gasteiger partial charge >= 0.3 is 0 Å². The number of fused-ring (bicyclic) bond motifs is 1. The number of hydrogen-bond acceptors (Lipinski definition) is 3. The molecule has 1 amide bonds. The maximum absolute atomic E-state index is 12.6. The topological polar surface area (TPSA) is 77.1 Å². The number of carbonyl (C=O) groups is 1. The second-order valence-corrected chi connectivity index (χ2v) is 5.43. The zero-order valence-electron chi connectivity index (χ0n) is 12.6. The molecule has 0 bridgehead atoms. The number of rotatable bonds is 4. The average Bonchev–Trinajstić information content (AvgIpc) is 2.41. The highest BCUT2D eigenvalue weighted by atomic mass is 16.2. The largest absolute Gasteiger partial charge is 0.398 e. The van der Waals surface area contributed by atoms with E-state index in [4.69, 9.17) is 5.73 Å². The van der Waals surface area contributed by atoms with Crippen molar-refractivity contribution in [3.63, 3.8) is 0 Å². The summed E-state index contributed by atoms with van der Waals surface area (Å²) in [6, 6.07) is 5.33. The van der Waals surface area contributed by atoms with Crippen molar-refractivity contribution in [3.05, 3.63) is 40.2 Å². The molecule has 1 aromatic carbocycles.